The van der Waals surface area contributed by atoms with Gasteiger partial charge >= 0.3 is 19.8 Å². The third-order valence-corrected chi connectivity index (χ3v) is 16.1. The molecular formula is C66H128NO8P. The van der Waals surface area contributed by atoms with Crippen molar-refractivity contribution in [3.05, 3.63) is 24.3 Å². The molecule has 0 aliphatic rings. The molecule has 0 bridgehead atoms. The molecule has 0 spiro atoms. The number of unbranched alkanes of at least 4 members (excludes halogenated alkanes) is 47. The van der Waals surface area contributed by atoms with E-state index in [0.29, 0.717) is 6.42 Å². The van der Waals surface area contributed by atoms with Gasteiger partial charge in [0.05, 0.1) is 13.2 Å². The lowest BCUT2D eigenvalue weighted by Gasteiger charge is -2.19. The third-order valence-electron chi connectivity index (χ3n) is 15.1. The first-order valence-corrected chi connectivity index (χ1v) is 34.8. The summed E-state index contributed by atoms with van der Waals surface area (Å²) in [6.45, 7) is 3.77. The number of carbonyl (C=O) groups is 2. The fourth-order valence-corrected chi connectivity index (χ4v) is 10.9. The molecule has 0 saturated carbocycles. The molecule has 3 N–H and O–H groups in total. The second-order valence-electron chi connectivity index (χ2n) is 22.7. The molecule has 10 heteroatoms. The maximum Gasteiger partial charge on any atom is 0.472 e. The SMILES string of the molecule is CCCCCC/C=C\C/C=C\CCCCCCCC(=O)OC(COC(=O)CCCCCCCCCCCCCCCCCCCCCCCCCCCCCCCCCCCCCCCCC)COP(=O)(O)OCCN. The molecule has 0 rings (SSSR count). The molecule has 0 aromatic carbocycles. The van der Waals surface area contributed by atoms with E-state index < -0.39 is 26.5 Å². The summed E-state index contributed by atoms with van der Waals surface area (Å²) in [6.07, 6.45) is 75.8. The number of phosphoric ester groups is 1. The fraction of sp³-hybridized carbons (Fsp3) is 0.909. The summed E-state index contributed by atoms with van der Waals surface area (Å²) in [5.41, 5.74) is 5.38. The number of nitrogens with two attached hydrogens (primary N) is 1. The Morgan fingerprint density at radius 1 is 0.395 bits per heavy atom. The highest BCUT2D eigenvalue weighted by Gasteiger charge is 2.26. The van der Waals surface area contributed by atoms with Crippen LogP contribution < -0.4 is 5.73 Å². The van der Waals surface area contributed by atoms with Gasteiger partial charge in [-0.1, -0.05) is 321 Å². The number of rotatable bonds is 64. The van der Waals surface area contributed by atoms with Crippen LogP contribution in [0.25, 0.3) is 0 Å². The van der Waals surface area contributed by atoms with Crippen LogP contribution in [0.4, 0.5) is 0 Å². The summed E-state index contributed by atoms with van der Waals surface area (Å²) in [5.74, 6) is -0.827. The predicted octanol–water partition coefficient (Wildman–Crippen LogP) is 21.4. The van der Waals surface area contributed by atoms with Gasteiger partial charge in [0.2, 0.25) is 0 Å². The Labute approximate surface area is 472 Å². The Morgan fingerprint density at radius 3 is 1.01 bits per heavy atom. The molecule has 9 nitrogen and oxygen atoms in total. The van der Waals surface area contributed by atoms with Crippen molar-refractivity contribution in [3.8, 4) is 0 Å². The average molecular weight is 1090 g/mol. The first kappa shape index (κ1) is 74.5. The van der Waals surface area contributed by atoms with Crippen molar-refractivity contribution >= 4 is 19.8 Å². The Balaban J connectivity index is 3.71. The molecule has 0 amide bonds. The maximum absolute atomic E-state index is 12.7. The van der Waals surface area contributed by atoms with Gasteiger partial charge in [0, 0.05) is 19.4 Å². The normalized spacial score (nSPS) is 13.1. The molecule has 0 saturated heterocycles. The molecule has 2 atom stereocenters. The van der Waals surface area contributed by atoms with Gasteiger partial charge in [-0.05, 0) is 44.9 Å². The van der Waals surface area contributed by atoms with Crippen molar-refractivity contribution in [3.63, 3.8) is 0 Å². The van der Waals surface area contributed by atoms with Crippen LogP contribution in [0.3, 0.4) is 0 Å². The highest BCUT2D eigenvalue weighted by atomic mass is 31.2. The number of hydrogen-bond acceptors (Lipinski definition) is 8. The van der Waals surface area contributed by atoms with Crippen LogP contribution in [0.5, 0.6) is 0 Å². The summed E-state index contributed by atoms with van der Waals surface area (Å²) in [6, 6.07) is 0. The summed E-state index contributed by atoms with van der Waals surface area (Å²) in [5, 5.41) is 0. The van der Waals surface area contributed by atoms with Crippen molar-refractivity contribution in [2.45, 2.75) is 360 Å². The monoisotopic (exact) mass is 1090 g/mol. The van der Waals surface area contributed by atoms with Gasteiger partial charge in [-0.3, -0.25) is 18.6 Å². The Hall–Kier alpha value is -1.51. The first-order valence-electron chi connectivity index (χ1n) is 33.3. The number of allylic oxidation sites excluding steroid dienone is 4. The van der Waals surface area contributed by atoms with Crippen LogP contribution >= 0.6 is 7.82 Å². The van der Waals surface area contributed by atoms with Crippen molar-refractivity contribution in [1.29, 1.82) is 0 Å². The van der Waals surface area contributed by atoms with Gasteiger partial charge < -0.3 is 20.1 Å². The van der Waals surface area contributed by atoms with Crippen LogP contribution in [0.2, 0.25) is 0 Å². The quantitative estimate of drug-likeness (QED) is 0.0264. The maximum atomic E-state index is 12.7. The van der Waals surface area contributed by atoms with E-state index in [9.17, 15) is 19.0 Å². The Morgan fingerprint density at radius 2 is 0.684 bits per heavy atom. The molecule has 0 fully saturated rings. The van der Waals surface area contributed by atoms with Crippen molar-refractivity contribution in [2.24, 2.45) is 5.73 Å². The van der Waals surface area contributed by atoms with Gasteiger partial charge in [0.1, 0.15) is 6.61 Å². The molecule has 0 radical (unpaired) electrons. The van der Waals surface area contributed by atoms with E-state index >= 15 is 0 Å². The lowest BCUT2D eigenvalue weighted by atomic mass is 10.0. The highest BCUT2D eigenvalue weighted by Crippen LogP contribution is 2.43. The zero-order valence-electron chi connectivity index (χ0n) is 50.5. The van der Waals surface area contributed by atoms with Crippen molar-refractivity contribution < 1.29 is 37.6 Å². The first-order chi connectivity index (χ1) is 37.3. The number of ether oxygens (including phenoxy) is 2. The molecule has 0 aliphatic heterocycles. The minimum atomic E-state index is -4.39. The van der Waals surface area contributed by atoms with Gasteiger partial charge in [0.25, 0.3) is 0 Å². The van der Waals surface area contributed by atoms with Gasteiger partial charge in [-0.25, -0.2) is 4.57 Å². The molecule has 0 heterocycles. The molecule has 76 heavy (non-hydrogen) atoms. The van der Waals surface area contributed by atoms with Gasteiger partial charge in [-0.15, -0.1) is 0 Å². The minimum absolute atomic E-state index is 0.0529. The summed E-state index contributed by atoms with van der Waals surface area (Å²) in [4.78, 5) is 35.2. The second kappa shape index (κ2) is 62.7. The number of carbonyl (C=O) groups excluding carboxylic acids is 2. The zero-order chi connectivity index (χ0) is 55.2. The standard InChI is InChI=1S/C66H128NO8P/c1-3-5-7-9-11-13-15-17-19-21-22-23-24-25-26-27-28-29-30-31-32-33-34-35-36-37-38-39-40-41-42-43-45-46-48-50-52-54-56-58-65(68)72-62-64(63-74-76(70,71)73-61-60-67)75-66(69)59-57-55-53-51-49-47-44-20-18-16-14-12-10-8-6-4-2/h14,16,20,44,64H,3-13,15,17-19,21-43,45-63,67H2,1-2H3,(H,70,71)/b16-14-,44-20-. The van der Waals surface area contributed by atoms with E-state index in [1.54, 1.807) is 0 Å². The van der Waals surface area contributed by atoms with Crippen LogP contribution in [-0.2, 0) is 32.7 Å². The number of hydrogen-bond donors (Lipinski definition) is 2. The van der Waals surface area contributed by atoms with Crippen LogP contribution in [0.15, 0.2) is 24.3 Å². The van der Waals surface area contributed by atoms with Crippen LogP contribution in [0.1, 0.15) is 354 Å². The van der Waals surface area contributed by atoms with Crippen LogP contribution in [-0.4, -0.2) is 49.3 Å². The van der Waals surface area contributed by atoms with E-state index in [0.717, 1.165) is 57.8 Å². The summed E-state index contributed by atoms with van der Waals surface area (Å²) < 4.78 is 33.0. The minimum Gasteiger partial charge on any atom is -0.462 e. The molecule has 2 unspecified atom stereocenters. The topological polar surface area (TPSA) is 134 Å². The fourth-order valence-electron chi connectivity index (χ4n) is 10.1. The smallest absolute Gasteiger partial charge is 0.462 e. The highest BCUT2D eigenvalue weighted by molar-refractivity contribution is 7.47. The Bertz CT molecular complexity index is 1290. The second-order valence-corrected chi connectivity index (χ2v) is 24.2. The van der Waals surface area contributed by atoms with E-state index in [1.807, 2.05) is 0 Å². The largest absolute Gasteiger partial charge is 0.472 e. The van der Waals surface area contributed by atoms with E-state index in [2.05, 4.69) is 38.2 Å². The van der Waals surface area contributed by atoms with Gasteiger partial charge in [-0.2, -0.15) is 0 Å². The third kappa shape index (κ3) is 61.7. The van der Waals surface area contributed by atoms with Crippen molar-refractivity contribution in [1.82, 2.24) is 0 Å². The lowest BCUT2D eigenvalue weighted by Crippen LogP contribution is -2.29. The van der Waals surface area contributed by atoms with E-state index in [4.69, 9.17) is 24.3 Å². The number of phosphoric acid groups is 1. The van der Waals surface area contributed by atoms with E-state index in [-0.39, 0.29) is 38.6 Å². The lowest BCUT2D eigenvalue weighted by molar-refractivity contribution is -0.161. The van der Waals surface area contributed by atoms with Crippen molar-refractivity contribution in [2.75, 3.05) is 26.4 Å². The Kier molecular flexibility index (Phi) is 61.4. The molecule has 450 valence electrons. The van der Waals surface area contributed by atoms with Crippen LogP contribution in [0, 0.1) is 0 Å². The molecule has 0 aromatic rings. The average Bonchev–Trinajstić information content (AvgIpc) is 3.41. The predicted molar refractivity (Wildman–Crippen MR) is 326 cm³/mol. The summed E-state index contributed by atoms with van der Waals surface area (Å²) >= 11 is 0. The van der Waals surface area contributed by atoms with E-state index in [1.165, 1.54) is 263 Å². The summed E-state index contributed by atoms with van der Waals surface area (Å²) in [7, 11) is -4.39. The molecular weight excluding hydrogens is 966 g/mol. The molecule has 0 aromatic heterocycles. The molecule has 0 aliphatic carbocycles. The number of esters is 2. The van der Waals surface area contributed by atoms with Gasteiger partial charge in [0.15, 0.2) is 6.10 Å². The zero-order valence-corrected chi connectivity index (χ0v) is 51.4.